The maximum atomic E-state index is 12.8. The van der Waals surface area contributed by atoms with E-state index in [4.69, 9.17) is 0 Å². The van der Waals surface area contributed by atoms with Gasteiger partial charge in [0.2, 0.25) is 5.91 Å². The summed E-state index contributed by atoms with van der Waals surface area (Å²) in [6.45, 7) is -0.844. The highest BCUT2D eigenvalue weighted by molar-refractivity contribution is 5.92. The molecule has 0 aliphatic carbocycles. The molecule has 1 fully saturated rings. The number of amides is 1. The van der Waals surface area contributed by atoms with Crippen LogP contribution in [0.15, 0.2) is 84.9 Å². The number of nitrogens with zero attached hydrogens (tertiary/aromatic N) is 3. The van der Waals surface area contributed by atoms with Crippen LogP contribution in [0.25, 0.3) is 6.08 Å². The number of non-ortho nitro benzene ring substituents is 1. The fourth-order valence-electron chi connectivity index (χ4n) is 4.33. The fourth-order valence-corrected chi connectivity index (χ4v) is 4.33. The second kappa shape index (κ2) is 12.9. The van der Waals surface area contributed by atoms with Crippen LogP contribution in [0.4, 0.5) is 14.5 Å². The third kappa shape index (κ3) is 7.12. The number of ether oxygens (including phenoxy) is 1. The van der Waals surface area contributed by atoms with Gasteiger partial charge in [-0.1, -0.05) is 60.7 Å². The van der Waals surface area contributed by atoms with Gasteiger partial charge in [0.1, 0.15) is 5.75 Å². The van der Waals surface area contributed by atoms with Crippen molar-refractivity contribution >= 4 is 17.7 Å². The summed E-state index contributed by atoms with van der Waals surface area (Å²) in [6, 6.07) is 23.7. The lowest BCUT2D eigenvalue weighted by Gasteiger charge is -2.39. The Hall–Kier alpha value is -3.82. The summed E-state index contributed by atoms with van der Waals surface area (Å²) in [6.07, 6.45) is 2.51. The lowest BCUT2D eigenvalue weighted by molar-refractivity contribution is -0.384. The van der Waals surface area contributed by atoms with E-state index in [9.17, 15) is 23.7 Å². The molecule has 0 N–H and O–H groups in total. The number of halogens is 3. The second-order valence-electron chi connectivity index (χ2n) is 8.28. The van der Waals surface area contributed by atoms with Gasteiger partial charge in [0.15, 0.2) is 0 Å². The summed E-state index contributed by atoms with van der Waals surface area (Å²) in [5.41, 5.74) is 2.08. The highest BCUT2D eigenvalue weighted by Crippen LogP contribution is 2.30. The van der Waals surface area contributed by atoms with Crippen molar-refractivity contribution in [1.29, 1.82) is 0 Å². The van der Waals surface area contributed by atoms with Crippen molar-refractivity contribution in [2.45, 2.75) is 12.7 Å². The molecule has 1 saturated heterocycles. The number of hydrogen-bond donors (Lipinski definition) is 0. The first-order valence-corrected chi connectivity index (χ1v) is 11.5. The molecule has 4 rings (SSSR count). The number of rotatable bonds is 8. The molecular weight excluding hydrogens is 504 g/mol. The van der Waals surface area contributed by atoms with Crippen molar-refractivity contribution in [3.63, 3.8) is 0 Å². The van der Waals surface area contributed by atoms with Gasteiger partial charge in [0.05, 0.1) is 11.0 Å². The van der Waals surface area contributed by atoms with Gasteiger partial charge < -0.3 is 22.0 Å². The zero-order chi connectivity index (χ0) is 25.5. The molecule has 0 unspecified atom stereocenters. The van der Waals surface area contributed by atoms with Crippen LogP contribution in [0.3, 0.4) is 0 Å². The largest absolute Gasteiger partial charge is 1.00 e. The Bertz CT molecular complexity index is 1180. The normalized spacial score (nSPS) is 14.1. The van der Waals surface area contributed by atoms with E-state index in [0.717, 1.165) is 18.2 Å². The number of benzene rings is 3. The van der Waals surface area contributed by atoms with Crippen molar-refractivity contribution in [3.8, 4) is 5.75 Å². The molecule has 10 heteroatoms. The standard InChI is InChI=1S/C27H25F2N3O4.ClH/c28-27(29)36-24-13-12-23(32(34)35)19-22(24)11-14-25(33)30-15-17-31(18-16-30)26(20-7-3-1-4-8-20)21-9-5-2-6-10-21;/h1-14,19,26-27H,15-18H2;1H/p-1/b14-11+;. The van der Waals surface area contributed by atoms with E-state index in [0.29, 0.717) is 26.2 Å². The van der Waals surface area contributed by atoms with Crippen LogP contribution in [0.2, 0.25) is 0 Å². The molecule has 1 aliphatic rings. The summed E-state index contributed by atoms with van der Waals surface area (Å²) >= 11 is 0. The number of piperazine rings is 1. The molecule has 0 radical (unpaired) electrons. The number of hydrogen-bond acceptors (Lipinski definition) is 5. The van der Waals surface area contributed by atoms with Gasteiger partial charge in [-0.2, -0.15) is 8.78 Å². The van der Waals surface area contributed by atoms with E-state index in [-0.39, 0.29) is 41.4 Å². The Morgan fingerprint density at radius 3 is 2.00 bits per heavy atom. The van der Waals surface area contributed by atoms with Crippen LogP contribution in [0.5, 0.6) is 5.75 Å². The Kier molecular flexibility index (Phi) is 9.71. The smallest absolute Gasteiger partial charge is 0.387 e. The molecule has 37 heavy (non-hydrogen) atoms. The molecule has 0 spiro atoms. The van der Waals surface area contributed by atoms with Crippen LogP contribution < -0.4 is 17.1 Å². The highest BCUT2D eigenvalue weighted by Gasteiger charge is 2.27. The molecule has 0 aromatic heterocycles. The summed E-state index contributed by atoms with van der Waals surface area (Å²) in [5.74, 6) is -0.543. The van der Waals surface area contributed by atoms with Gasteiger partial charge in [0.25, 0.3) is 5.69 Å². The van der Waals surface area contributed by atoms with Gasteiger partial charge >= 0.3 is 6.61 Å². The van der Waals surface area contributed by atoms with Crippen molar-refractivity contribution in [3.05, 3.63) is 112 Å². The minimum atomic E-state index is -3.09. The number of alkyl halides is 2. The minimum Gasteiger partial charge on any atom is -1.00 e. The average Bonchev–Trinajstić information content (AvgIpc) is 2.89. The third-order valence-electron chi connectivity index (χ3n) is 6.05. The van der Waals surface area contributed by atoms with Crippen LogP contribution in [0.1, 0.15) is 22.7 Å². The molecule has 1 heterocycles. The zero-order valence-electron chi connectivity index (χ0n) is 19.8. The lowest BCUT2D eigenvalue weighted by Crippen LogP contribution is -3.00. The number of carbonyl (C=O) groups is 1. The van der Waals surface area contributed by atoms with Crippen molar-refractivity contribution in [1.82, 2.24) is 9.80 Å². The highest BCUT2D eigenvalue weighted by atomic mass is 35.5. The second-order valence-corrected chi connectivity index (χ2v) is 8.28. The molecule has 7 nitrogen and oxygen atoms in total. The summed E-state index contributed by atoms with van der Waals surface area (Å²) in [5, 5.41) is 11.1. The first kappa shape index (κ1) is 27.8. The Morgan fingerprint density at radius 1 is 0.919 bits per heavy atom. The van der Waals surface area contributed by atoms with Crippen LogP contribution in [-0.2, 0) is 4.79 Å². The summed E-state index contributed by atoms with van der Waals surface area (Å²) < 4.78 is 29.9. The molecule has 0 bridgehead atoms. The molecule has 1 amide bonds. The van der Waals surface area contributed by atoms with E-state index in [1.165, 1.54) is 23.3 Å². The monoisotopic (exact) mass is 528 g/mol. The Labute approximate surface area is 219 Å². The number of carbonyl (C=O) groups excluding carboxylic acids is 1. The number of nitro groups is 1. The van der Waals surface area contributed by atoms with E-state index < -0.39 is 11.5 Å². The van der Waals surface area contributed by atoms with Crippen molar-refractivity contribution in [2.24, 2.45) is 0 Å². The minimum absolute atomic E-state index is 0. The van der Waals surface area contributed by atoms with E-state index in [1.807, 2.05) is 36.4 Å². The lowest BCUT2D eigenvalue weighted by atomic mass is 9.96. The first-order chi connectivity index (χ1) is 17.4. The van der Waals surface area contributed by atoms with Gasteiger partial charge in [-0.05, 0) is 23.3 Å². The fraction of sp³-hybridized carbons (Fsp3) is 0.222. The summed E-state index contributed by atoms with van der Waals surface area (Å²) in [4.78, 5) is 27.3. The third-order valence-corrected chi connectivity index (χ3v) is 6.05. The molecule has 194 valence electrons. The van der Waals surface area contributed by atoms with Gasteiger partial charge in [-0.3, -0.25) is 19.8 Å². The topological polar surface area (TPSA) is 75.9 Å². The maximum Gasteiger partial charge on any atom is 0.387 e. The molecule has 3 aromatic rings. The zero-order valence-corrected chi connectivity index (χ0v) is 20.5. The molecule has 0 saturated carbocycles. The predicted octanol–water partition coefficient (Wildman–Crippen LogP) is 2.15. The van der Waals surface area contributed by atoms with E-state index in [1.54, 1.807) is 4.90 Å². The average molecular weight is 529 g/mol. The van der Waals surface area contributed by atoms with Gasteiger partial charge in [-0.25, -0.2) is 0 Å². The van der Waals surface area contributed by atoms with E-state index in [2.05, 4.69) is 33.9 Å². The molecule has 0 atom stereocenters. The predicted molar refractivity (Wildman–Crippen MR) is 132 cm³/mol. The van der Waals surface area contributed by atoms with Crippen molar-refractivity contribution in [2.75, 3.05) is 26.2 Å². The van der Waals surface area contributed by atoms with Crippen molar-refractivity contribution < 1.29 is 35.6 Å². The van der Waals surface area contributed by atoms with Crippen LogP contribution in [-0.4, -0.2) is 53.4 Å². The molecular formula is C27H25ClF2N3O4-. The van der Waals surface area contributed by atoms with Crippen LogP contribution >= 0.6 is 0 Å². The molecule has 3 aromatic carbocycles. The van der Waals surface area contributed by atoms with E-state index >= 15 is 0 Å². The molecule has 1 aliphatic heterocycles. The van der Waals surface area contributed by atoms with Crippen LogP contribution in [0, 0.1) is 10.1 Å². The maximum absolute atomic E-state index is 12.8. The number of nitro benzene ring substituents is 1. The Morgan fingerprint density at radius 2 is 1.49 bits per heavy atom. The SMILES string of the molecule is O=C(/C=C/c1cc([N+](=O)[O-])ccc1OC(F)F)N1CCN(C(c2ccccc2)c2ccccc2)CC1.[Cl-]. The first-order valence-electron chi connectivity index (χ1n) is 11.5. The Balaban J connectivity index is 0.00000380. The quantitative estimate of drug-likeness (QED) is 0.254. The summed E-state index contributed by atoms with van der Waals surface area (Å²) in [7, 11) is 0. The van der Waals surface area contributed by atoms with Gasteiger partial charge in [-0.15, -0.1) is 0 Å². The van der Waals surface area contributed by atoms with Gasteiger partial charge in [0, 0.05) is 50.0 Å².